The highest BCUT2D eigenvalue weighted by Crippen LogP contribution is 2.32. The molecule has 0 heterocycles. The van der Waals surface area contributed by atoms with E-state index in [1.807, 2.05) is 0 Å². The van der Waals surface area contributed by atoms with Gasteiger partial charge in [0.1, 0.15) is 0 Å². The zero-order valence-corrected chi connectivity index (χ0v) is 9.20. The van der Waals surface area contributed by atoms with Crippen molar-refractivity contribution in [1.82, 2.24) is 10.9 Å². The molecule has 0 radical (unpaired) electrons. The number of ketones is 1. The quantitative estimate of drug-likeness (QED) is 0.463. The van der Waals surface area contributed by atoms with Crippen molar-refractivity contribution in [2.45, 2.75) is 26.7 Å². The second kappa shape index (κ2) is 3.96. The van der Waals surface area contributed by atoms with Gasteiger partial charge in [0, 0.05) is 18.2 Å². The lowest BCUT2D eigenvalue weighted by Gasteiger charge is -2.29. The van der Waals surface area contributed by atoms with E-state index in [2.05, 4.69) is 36.9 Å². The fraction of sp³-hybridized carbons (Fsp3) is 0.556. The number of rotatable bonds is 2. The number of thiocarbonyl (C=S) groups is 1. The van der Waals surface area contributed by atoms with Gasteiger partial charge in [0.05, 0.1) is 0 Å². The highest BCUT2D eigenvalue weighted by molar-refractivity contribution is 7.80. The second-order valence-electron chi connectivity index (χ2n) is 4.27. The number of hydrogen-bond donors (Lipinski definition) is 3. The van der Waals surface area contributed by atoms with E-state index in [9.17, 15) is 4.79 Å². The molecule has 78 valence electrons. The average Bonchev–Trinajstić information content (AvgIpc) is 1.96. The lowest BCUT2D eigenvalue weighted by molar-refractivity contribution is -0.117. The smallest absolute Gasteiger partial charge is 0.182 e. The maximum atomic E-state index is 11.3. The van der Waals surface area contributed by atoms with E-state index in [-0.39, 0.29) is 16.3 Å². The van der Waals surface area contributed by atoms with Crippen molar-refractivity contribution in [3.63, 3.8) is 0 Å². The molecule has 0 aromatic carbocycles. The molecule has 0 aromatic heterocycles. The van der Waals surface area contributed by atoms with Crippen LogP contribution in [-0.2, 0) is 4.79 Å². The molecule has 0 atom stereocenters. The van der Waals surface area contributed by atoms with Crippen LogP contribution in [0.4, 0.5) is 0 Å². The third-order valence-electron chi connectivity index (χ3n) is 2.00. The SMILES string of the molecule is CC1(C)CC(=O)C=C(NNC(N)=S)C1. The molecule has 0 saturated heterocycles. The van der Waals surface area contributed by atoms with Crippen LogP contribution in [0.15, 0.2) is 11.8 Å². The van der Waals surface area contributed by atoms with E-state index in [1.54, 1.807) is 6.08 Å². The molecule has 1 rings (SSSR count). The molecule has 4 nitrogen and oxygen atoms in total. The molecule has 0 bridgehead atoms. The van der Waals surface area contributed by atoms with Gasteiger partial charge in [-0.05, 0) is 24.1 Å². The fourth-order valence-electron chi connectivity index (χ4n) is 1.57. The molecule has 0 amide bonds. The highest BCUT2D eigenvalue weighted by Gasteiger charge is 2.27. The number of hydrazine groups is 1. The second-order valence-corrected chi connectivity index (χ2v) is 4.71. The van der Waals surface area contributed by atoms with E-state index in [0.29, 0.717) is 6.42 Å². The van der Waals surface area contributed by atoms with Gasteiger partial charge in [-0.1, -0.05) is 13.8 Å². The summed E-state index contributed by atoms with van der Waals surface area (Å²) in [6, 6.07) is 0. The largest absolute Gasteiger partial charge is 0.375 e. The van der Waals surface area contributed by atoms with Gasteiger partial charge < -0.3 is 11.2 Å². The standard InChI is InChI=1S/C9H15N3OS/c1-9(2)4-6(3-7(13)5-9)11-12-8(10)14/h3,11H,4-5H2,1-2H3,(H3,10,12,14). The summed E-state index contributed by atoms with van der Waals surface area (Å²) < 4.78 is 0. The van der Waals surface area contributed by atoms with Crippen molar-refractivity contribution in [1.29, 1.82) is 0 Å². The number of carbonyl (C=O) groups excluding carboxylic acids is 1. The first kappa shape index (κ1) is 11.0. The predicted octanol–water partition coefficient (Wildman–Crippen LogP) is 0.597. The fourth-order valence-corrected chi connectivity index (χ4v) is 1.62. The number of allylic oxidation sites excluding steroid dienone is 2. The molecule has 0 aromatic rings. The molecule has 0 unspecified atom stereocenters. The van der Waals surface area contributed by atoms with Crippen LogP contribution in [0.5, 0.6) is 0 Å². The molecule has 1 aliphatic rings. The molecule has 14 heavy (non-hydrogen) atoms. The Morgan fingerprint density at radius 1 is 1.57 bits per heavy atom. The Morgan fingerprint density at radius 3 is 2.71 bits per heavy atom. The van der Waals surface area contributed by atoms with Crippen LogP contribution in [0.1, 0.15) is 26.7 Å². The van der Waals surface area contributed by atoms with Gasteiger partial charge >= 0.3 is 0 Å². The zero-order chi connectivity index (χ0) is 10.8. The predicted molar refractivity (Wildman–Crippen MR) is 59.2 cm³/mol. The number of hydrogen-bond acceptors (Lipinski definition) is 3. The first-order valence-corrected chi connectivity index (χ1v) is 4.85. The third kappa shape index (κ3) is 3.33. The number of nitrogens with two attached hydrogens (primary N) is 1. The van der Waals surface area contributed by atoms with Gasteiger partial charge in [-0.3, -0.25) is 10.2 Å². The van der Waals surface area contributed by atoms with Crippen LogP contribution >= 0.6 is 12.2 Å². The van der Waals surface area contributed by atoms with Gasteiger partial charge in [-0.15, -0.1) is 0 Å². The summed E-state index contributed by atoms with van der Waals surface area (Å²) in [6.07, 6.45) is 3.00. The minimum atomic E-state index is 0.00602. The third-order valence-corrected chi connectivity index (χ3v) is 2.11. The monoisotopic (exact) mass is 213 g/mol. The van der Waals surface area contributed by atoms with Crippen LogP contribution in [0.3, 0.4) is 0 Å². The molecule has 0 saturated carbocycles. The molecular formula is C9H15N3OS. The highest BCUT2D eigenvalue weighted by atomic mass is 32.1. The van der Waals surface area contributed by atoms with E-state index >= 15 is 0 Å². The Balaban J connectivity index is 2.60. The topological polar surface area (TPSA) is 67.2 Å². The first-order chi connectivity index (χ1) is 6.39. The lowest BCUT2D eigenvalue weighted by Crippen LogP contribution is -2.42. The van der Waals surface area contributed by atoms with Crippen molar-refractivity contribution in [3.05, 3.63) is 11.8 Å². The molecule has 5 heteroatoms. The summed E-state index contributed by atoms with van der Waals surface area (Å²) in [4.78, 5) is 11.3. The van der Waals surface area contributed by atoms with Crippen molar-refractivity contribution in [3.8, 4) is 0 Å². The molecular weight excluding hydrogens is 198 g/mol. The van der Waals surface area contributed by atoms with Crippen LogP contribution in [-0.4, -0.2) is 10.9 Å². The van der Waals surface area contributed by atoms with Crippen LogP contribution in [0.25, 0.3) is 0 Å². The Kier molecular flexibility index (Phi) is 3.10. The van der Waals surface area contributed by atoms with Gasteiger partial charge in [0.2, 0.25) is 0 Å². The molecule has 1 aliphatic carbocycles. The molecule has 0 aliphatic heterocycles. The van der Waals surface area contributed by atoms with E-state index in [4.69, 9.17) is 5.73 Å². The van der Waals surface area contributed by atoms with Gasteiger partial charge in [0.15, 0.2) is 10.9 Å². The summed E-state index contributed by atoms with van der Waals surface area (Å²) in [5.41, 5.74) is 11.5. The van der Waals surface area contributed by atoms with E-state index in [1.165, 1.54) is 0 Å². The van der Waals surface area contributed by atoms with Gasteiger partial charge in [-0.25, -0.2) is 0 Å². The summed E-state index contributed by atoms with van der Waals surface area (Å²) in [5.74, 6) is 0.133. The van der Waals surface area contributed by atoms with Crippen LogP contribution in [0, 0.1) is 5.41 Å². The van der Waals surface area contributed by atoms with Gasteiger partial charge in [-0.2, -0.15) is 0 Å². The summed E-state index contributed by atoms with van der Waals surface area (Å²) in [7, 11) is 0. The first-order valence-electron chi connectivity index (χ1n) is 4.44. The number of carbonyl (C=O) groups is 1. The van der Waals surface area contributed by atoms with Crippen molar-refractivity contribution in [2.75, 3.05) is 0 Å². The molecule has 0 spiro atoms. The van der Waals surface area contributed by atoms with Crippen LogP contribution < -0.4 is 16.6 Å². The average molecular weight is 213 g/mol. The lowest BCUT2D eigenvalue weighted by atomic mass is 9.79. The number of nitrogens with one attached hydrogen (secondary N) is 2. The van der Waals surface area contributed by atoms with Crippen molar-refractivity contribution in [2.24, 2.45) is 11.1 Å². The van der Waals surface area contributed by atoms with E-state index < -0.39 is 0 Å². The van der Waals surface area contributed by atoms with Crippen LogP contribution in [0.2, 0.25) is 0 Å². The summed E-state index contributed by atoms with van der Waals surface area (Å²) in [6.45, 7) is 4.11. The Labute approximate surface area is 88.9 Å². The molecule has 0 fully saturated rings. The van der Waals surface area contributed by atoms with Gasteiger partial charge in [0.25, 0.3) is 0 Å². The normalized spacial score (nSPS) is 19.9. The summed E-state index contributed by atoms with van der Waals surface area (Å²) in [5, 5.41) is 0.168. The summed E-state index contributed by atoms with van der Waals surface area (Å²) >= 11 is 4.64. The van der Waals surface area contributed by atoms with Crippen molar-refractivity contribution >= 4 is 23.1 Å². The molecule has 4 N–H and O–H groups in total. The maximum absolute atomic E-state index is 11.3. The van der Waals surface area contributed by atoms with Crippen molar-refractivity contribution < 1.29 is 4.79 Å². The Hall–Kier alpha value is -1.10. The Morgan fingerprint density at radius 2 is 2.21 bits per heavy atom. The maximum Gasteiger partial charge on any atom is 0.182 e. The zero-order valence-electron chi connectivity index (χ0n) is 8.39. The minimum absolute atomic E-state index is 0.00602. The Bertz CT molecular complexity index is 296. The minimum Gasteiger partial charge on any atom is -0.375 e. The van der Waals surface area contributed by atoms with E-state index in [0.717, 1.165) is 12.1 Å².